The van der Waals surface area contributed by atoms with E-state index in [0.29, 0.717) is 23.5 Å². The Bertz CT molecular complexity index is 1010. The summed E-state index contributed by atoms with van der Waals surface area (Å²) in [7, 11) is 3.07. The van der Waals surface area contributed by atoms with Crippen LogP contribution in [0.25, 0.3) is 0 Å². The molecular formula is C24H25ClFNO5. The molecule has 2 aromatic carbocycles. The molecule has 1 amide bonds. The van der Waals surface area contributed by atoms with Crippen molar-refractivity contribution in [3.8, 4) is 11.5 Å². The van der Waals surface area contributed by atoms with Crippen LogP contribution in [0.15, 0.2) is 48.6 Å². The van der Waals surface area contributed by atoms with Crippen LogP contribution in [0.5, 0.6) is 11.5 Å². The van der Waals surface area contributed by atoms with Crippen molar-refractivity contribution >= 4 is 23.5 Å². The van der Waals surface area contributed by atoms with Crippen molar-refractivity contribution in [3.63, 3.8) is 0 Å². The van der Waals surface area contributed by atoms with E-state index in [0.717, 1.165) is 0 Å². The van der Waals surface area contributed by atoms with E-state index in [9.17, 15) is 14.0 Å². The molecule has 3 atom stereocenters. The van der Waals surface area contributed by atoms with Crippen molar-refractivity contribution in [2.45, 2.75) is 25.3 Å². The first kappa shape index (κ1) is 23.6. The van der Waals surface area contributed by atoms with E-state index >= 15 is 0 Å². The largest absolute Gasteiger partial charge is 0.497 e. The zero-order chi connectivity index (χ0) is 23.3. The molecule has 6 nitrogen and oxygen atoms in total. The SMILES string of the molecule is CCOC(=O)[C@H](c1cc(OC)ccc1OC)[C@H]1C=C[C@@H](NC(=O)c2c(F)cccc2Cl)C1. The van der Waals surface area contributed by atoms with E-state index in [4.69, 9.17) is 25.8 Å². The second-order valence-electron chi connectivity index (χ2n) is 7.30. The highest BCUT2D eigenvalue weighted by Crippen LogP contribution is 2.40. The third-order valence-corrected chi connectivity index (χ3v) is 5.68. The average Bonchev–Trinajstić information content (AvgIpc) is 3.21. The number of nitrogens with one attached hydrogen (secondary N) is 1. The van der Waals surface area contributed by atoms with Gasteiger partial charge in [0.15, 0.2) is 0 Å². The Morgan fingerprint density at radius 3 is 2.62 bits per heavy atom. The van der Waals surface area contributed by atoms with E-state index in [2.05, 4.69) is 5.32 Å². The van der Waals surface area contributed by atoms with Crippen LogP contribution in [-0.2, 0) is 9.53 Å². The van der Waals surface area contributed by atoms with Crippen LogP contribution in [0, 0.1) is 11.7 Å². The molecule has 0 aliphatic heterocycles. The van der Waals surface area contributed by atoms with Gasteiger partial charge in [-0.2, -0.15) is 0 Å². The number of rotatable bonds is 8. The fourth-order valence-corrected chi connectivity index (χ4v) is 4.13. The van der Waals surface area contributed by atoms with Gasteiger partial charge in [0.1, 0.15) is 17.3 Å². The monoisotopic (exact) mass is 461 g/mol. The van der Waals surface area contributed by atoms with E-state index in [1.54, 1.807) is 38.3 Å². The maximum atomic E-state index is 14.1. The van der Waals surface area contributed by atoms with Crippen LogP contribution in [0.2, 0.25) is 5.02 Å². The number of ether oxygens (including phenoxy) is 3. The summed E-state index contributed by atoms with van der Waals surface area (Å²) in [4.78, 5) is 25.5. The zero-order valence-corrected chi connectivity index (χ0v) is 18.8. The van der Waals surface area contributed by atoms with Crippen LogP contribution in [-0.4, -0.2) is 38.7 Å². The normalized spacial score (nSPS) is 18.2. The van der Waals surface area contributed by atoms with Crippen molar-refractivity contribution < 1.29 is 28.2 Å². The molecular weight excluding hydrogens is 437 g/mol. The summed E-state index contributed by atoms with van der Waals surface area (Å²) in [5.41, 5.74) is 0.423. The number of hydrogen-bond donors (Lipinski definition) is 1. The zero-order valence-electron chi connectivity index (χ0n) is 18.1. The van der Waals surface area contributed by atoms with Crippen molar-refractivity contribution in [2.75, 3.05) is 20.8 Å². The predicted octanol–water partition coefficient (Wildman–Crippen LogP) is 4.52. The quantitative estimate of drug-likeness (QED) is 0.462. The molecule has 0 aromatic heterocycles. The lowest BCUT2D eigenvalue weighted by molar-refractivity contribution is -0.146. The molecule has 0 spiro atoms. The second kappa shape index (κ2) is 10.5. The number of hydrogen-bond acceptors (Lipinski definition) is 5. The minimum absolute atomic E-state index is 0.0338. The van der Waals surface area contributed by atoms with Gasteiger partial charge in [-0.05, 0) is 49.6 Å². The highest BCUT2D eigenvalue weighted by atomic mass is 35.5. The van der Waals surface area contributed by atoms with Gasteiger partial charge in [-0.1, -0.05) is 29.8 Å². The van der Waals surface area contributed by atoms with Crippen LogP contribution in [0.1, 0.15) is 35.2 Å². The lowest BCUT2D eigenvalue weighted by atomic mass is 9.84. The number of amides is 1. The Hall–Kier alpha value is -3.06. The summed E-state index contributed by atoms with van der Waals surface area (Å²) < 4.78 is 30.2. The van der Waals surface area contributed by atoms with Gasteiger partial charge in [0, 0.05) is 11.6 Å². The van der Waals surface area contributed by atoms with Gasteiger partial charge in [0.05, 0.1) is 37.3 Å². The van der Waals surface area contributed by atoms with Crippen molar-refractivity contribution in [1.29, 1.82) is 0 Å². The Morgan fingerprint density at radius 1 is 1.19 bits per heavy atom. The van der Waals surface area contributed by atoms with E-state index in [1.807, 2.05) is 6.08 Å². The standard InChI is InChI=1S/C24H25ClFNO5/c1-4-32-24(29)21(17-13-16(30-2)10-11-20(17)31-3)14-8-9-15(12-14)27-23(28)22-18(25)6-5-7-19(22)26/h5-11,13-15,21H,4,12H2,1-3H3,(H,27,28)/t14-,15+,21-/m0/s1. The molecule has 3 rings (SSSR count). The molecule has 8 heteroatoms. The first-order valence-corrected chi connectivity index (χ1v) is 10.6. The van der Waals surface area contributed by atoms with Gasteiger partial charge in [-0.15, -0.1) is 0 Å². The van der Waals surface area contributed by atoms with Gasteiger partial charge in [0.2, 0.25) is 0 Å². The molecule has 2 aromatic rings. The Labute approximate surface area is 191 Å². The Balaban J connectivity index is 1.84. The van der Waals surface area contributed by atoms with Gasteiger partial charge < -0.3 is 19.5 Å². The molecule has 1 aliphatic rings. The molecule has 0 radical (unpaired) electrons. The summed E-state index contributed by atoms with van der Waals surface area (Å²) in [5.74, 6) is -1.56. The summed E-state index contributed by atoms with van der Waals surface area (Å²) >= 11 is 6.00. The molecule has 0 saturated carbocycles. The van der Waals surface area contributed by atoms with E-state index < -0.39 is 29.7 Å². The first-order chi connectivity index (χ1) is 15.4. The third kappa shape index (κ3) is 5.05. The maximum absolute atomic E-state index is 14.1. The minimum atomic E-state index is -0.695. The number of esters is 1. The van der Waals surface area contributed by atoms with Crippen LogP contribution >= 0.6 is 11.6 Å². The lowest BCUT2D eigenvalue weighted by Crippen LogP contribution is -2.34. The molecule has 1 N–H and O–H groups in total. The van der Waals surface area contributed by atoms with Gasteiger partial charge in [0.25, 0.3) is 5.91 Å². The Kier molecular flexibility index (Phi) is 7.75. The summed E-state index contributed by atoms with van der Waals surface area (Å²) in [6, 6.07) is 8.90. The third-order valence-electron chi connectivity index (χ3n) is 5.36. The van der Waals surface area contributed by atoms with Crippen molar-refractivity contribution in [2.24, 2.45) is 5.92 Å². The number of carbonyl (C=O) groups excluding carboxylic acids is 2. The highest BCUT2D eigenvalue weighted by Gasteiger charge is 2.36. The van der Waals surface area contributed by atoms with E-state index in [-0.39, 0.29) is 23.1 Å². The van der Waals surface area contributed by atoms with Crippen LogP contribution in [0.3, 0.4) is 0 Å². The fourth-order valence-electron chi connectivity index (χ4n) is 3.88. The smallest absolute Gasteiger partial charge is 0.314 e. The average molecular weight is 462 g/mol. The number of methoxy groups -OCH3 is 2. The maximum Gasteiger partial charge on any atom is 0.314 e. The molecule has 1 aliphatic carbocycles. The van der Waals surface area contributed by atoms with Gasteiger partial charge in [-0.25, -0.2) is 4.39 Å². The molecule has 0 unspecified atom stereocenters. The lowest BCUT2D eigenvalue weighted by Gasteiger charge is -2.24. The predicted molar refractivity (Wildman–Crippen MR) is 119 cm³/mol. The fraction of sp³-hybridized carbons (Fsp3) is 0.333. The second-order valence-corrected chi connectivity index (χ2v) is 7.71. The molecule has 32 heavy (non-hydrogen) atoms. The summed E-state index contributed by atoms with van der Waals surface area (Å²) in [6.07, 6.45) is 4.06. The highest BCUT2D eigenvalue weighted by molar-refractivity contribution is 6.33. The summed E-state index contributed by atoms with van der Waals surface area (Å²) in [5, 5.41) is 2.81. The van der Waals surface area contributed by atoms with Crippen LogP contribution < -0.4 is 14.8 Å². The number of carbonyl (C=O) groups is 2. The minimum Gasteiger partial charge on any atom is -0.497 e. The topological polar surface area (TPSA) is 73.9 Å². The Morgan fingerprint density at radius 2 is 1.97 bits per heavy atom. The number of halogens is 2. The van der Waals surface area contributed by atoms with Crippen LogP contribution in [0.4, 0.5) is 4.39 Å². The summed E-state index contributed by atoms with van der Waals surface area (Å²) in [6.45, 7) is 1.97. The first-order valence-electron chi connectivity index (χ1n) is 10.2. The molecule has 0 fully saturated rings. The molecule has 0 saturated heterocycles. The number of benzene rings is 2. The van der Waals surface area contributed by atoms with Gasteiger partial charge in [-0.3, -0.25) is 9.59 Å². The van der Waals surface area contributed by atoms with Gasteiger partial charge >= 0.3 is 5.97 Å². The van der Waals surface area contributed by atoms with E-state index in [1.165, 1.54) is 25.3 Å². The van der Waals surface area contributed by atoms with Crippen molar-refractivity contribution in [1.82, 2.24) is 5.32 Å². The molecule has 170 valence electrons. The molecule has 0 heterocycles. The van der Waals surface area contributed by atoms with Crippen molar-refractivity contribution in [3.05, 3.63) is 70.5 Å². The number of allylic oxidation sites excluding steroid dienone is 1. The molecule has 0 bridgehead atoms.